The zero-order valence-electron chi connectivity index (χ0n) is 18.0. The molecule has 160 valence electrons. The van der Waals surface area contributed by atoms with Gasteiger partial charge in [-0.3, -0.25) is 4.79 Å². The first-order valence-electron chi connectivity index (χ1n) is 10.3. The minimum atomic E-state index is -0.317. The Bertz CT molecular complexity index is 1270. The SMILES string of the molecule is CCCSC(=O)c1ccc2nc(-c3cc4cc(F)ccc4o3)c(N(C)C(C)C)nc2c1. The lowest BCUT2D eigenvalue weighted by molar-refractivity contribution is 0.108. The predicted octanol–water partition coefficient (Wildman–Crippen LogP) is 6.31. The van der Waals surface area contributed by atoms with Crippen LogP contribution in [0.25, 0.3) is 33.5 Å². The summed E-state index contributed by atoms with van der Waals surface area (Å²) in [4.78, 5) is 24.1. The zero-order valence-corrected chi connectivity index (χ0v) is 18.8. The van der Waals surface area contributed by atoms with Gasteiger partial charge in [-0.2, -0.15) is 0 Å². The number of thioether (sulfide) groups is 1. The first-order chi connectivity index (χ1) is 14.9. The number of halogens is 1. The van der Waals surface area contributed by atoms with E-state index < -0.39 is 0 Å². The Morgan fingerprint density at radius 2 is 1.94 bits per heavy atom. The van der Waals surface area contributed by atoms with Gasteiger partial charge in [0.2, 0.25) is 5.12 Å². The molecule has 2 aromatic heterocycles. The molecule has 4 aromatic rings. The summed E-state index contributed by atoms with van der Waals surface area (Å²) in [5, 5.41) is 0.705. The molecule has 0 fully saturated rings. The first-order valence-corrected chi connectivity index (χ1v) is 11.3. The number of aromatic nitrogens is 2. The van der Waals surface area contributed by atoms with Gasteiger partial charge >= 0.3 is 0 Å². The fourth-order valence-corrected chi connectivity index (χ4v) is 3.92. The third kappa shape index (κ3) is 4.28. The topological polar surface area (TPSA) is 59.2 Å². The largest absolute Gasteiger partial charge is 0.454 e. The van der Waals surface area contributed by atoms with Crippen molar-refractivity contribution in [2.45, 2.75) is 33.2 Å². The van der Waals surface area contributed by atoms with Crippen LogP contribution in [-0.4, -0.2) is 33.9 Å². The maximum absolute atomic E-state index is 13.6. The molecule has 0 N–H and O–H groups in total. The molecule has 0 atom stereocenters. The number of furan rings is 1. The summed E-state index contributed by atoms with van der Waals surface area (Å²) in [5.74, 6) is 1.64. The van der Waals surface area contributed by atoms with E-state index in [2.05, 4.69) is 13.8 Å². The molecule has 0 saturated carbocycles. The van der Waals surface area contributed by atoms with Gasteiger partial charge < -0.3 is 9.32 Å². The molecule has 0 aliphatic rings. The van der Waals surface area contributed by atoms with Crippen LogP contribution < -0.4 is 4.90 Å². The molecule has 4 rings (SSSR count). The van der Waals surface area contributed by atoms with E-state index in [9.17, 15) is 9.18 Å². The third-order valence-electron chi connectivity index (χ3n) is 5.14. The van der Waals surface area contributed by atoms with Crippen molar-refractivity contribution in [3.05, 3.63) is 53.8 Å². The Kier molecular flexibility index (Phi) is 5.96. The molecule has 0 bridgehead atoms. The average Bonchev–Trinajstić information content (AvgIpc) is 3.18. The molecule has 5 nitrogen and oxygen atoms in total. The van der Waals surface area contributed by atoms with Crippen LogP contribution in [0.4, 0.5) is 10.2 Å². The Hall–Kier alpha value is -2.93. The van der Waals surface area contributed by atoms with E-state index in [1.54, 1.807) is 24.3 Å². The van der Waals surface area contributed by atoms with Crippen LogP contribution >= 0.6 is 11.8 Å². The molecule has 0 spiro atoms. The highest BCUT2D eigenvalue weighted by molar-refractivity contribution is 8.14. The number of rotatable bonds is 6. The van der Waals surface area contributed by atoms with Gasteiger partial charge in [0.1, 0.15) is 17.1 Å². The van der Waals surface area contributed by atoms with Crippen molar-refractivity contribution in [3.8, 4) is 11.5 Å². The highest BCUT2D eigenvalue weighted by atomic mass is 32.2. The molecular weight excluding hydrogens is 413 g/mol. The zero-order chi connectivity index (χ0) is 22.1. The van der Waals surface area contributed by atoms with Gasteiger partial charge in [-0.25, -0.2) is 14.4 Å². The van der Waals surface area contributed by atoms with Crippen molar-refractivity contribution >= 4 is 44.7 Å². The van der Waals surface area contributed by atoms with Gasteiger partial charge in [-0.15, -0.1) is 0 Å². The standard InChI is InChI=1S/C24H24FN3O2S/c1-5-10-31-24(29)15-6-8-18-19(12-15)27-23(28(4)14(2)3)22(26-18)21-13-16-11-17(25)7-9-20(16)30-21/h6-9,11-14H,5,10H2,1-4H3. The molecule has 31 heavy (non-hydrogen) atoms. The van der Waals surface area contributed by atoms with E-state index in [1.165, 1.54) is 23.9 Å². The van der Waals surface area contributed by atoms with Crippen LogP contribution in [0.5, 0.6) is 0 Å². The van der Waals surface area contributed by atoms with Crippen LogP contribution in [0.3, 0.4) is 0 Å². The van der Waals surface area contributed by atoms with Gasteiger partial charge in [-0.05, 0) is 62.7 Å². The van der Waals surface area contributed by atoms with E-state index in [0.29, 0.717) is 44.8 Å². The minimum Gasteiger partial charge on any atom is -0.454 e. The highest BCUT2D eigenvalue weighted by Gasteiger charge is 2.20. The second-order valence-corrected chi connectivity index (χ2v) is 8.80. The van der Waals surface area contributed by atoms with E-state index in [0.717, 1.165) is 12.2 Å². The molecule has 0 radical (unpaired) electrons. The second-order valence-electron chi connectivity index (χ2n) is 7.73. The normalized spacial score (nSPS) is 11.5. The van der Waals surface area contributed by atoms with Crippen molar-refractivity contribution in [2.24, 2.45) is 0 Å². The van der Waals surface area contributed by atoms with Gasteiger partial charge in [0.25, 0.3) is 0 Å². The van der Waals surface area contributed by atoms with Gasteiger partial charge in [-0.1, -0.05) is 18.7 Å². The number of hydrogen-bond acceptors (Lipinski definition) is 6. The van der Waals surface area contributed by atoms with Crippen LogP contribution in [0.15, 0.2) is 46.9 Å². The molecular formula is C24H24FN3O2S. The predicted molar refractivity (Wildman–Crippen MR) is 125 cm³/mol. The highest BCUT2D eigenvalue weighted by Crippen LogP contribution is 2.34. The second kappa shape index (κ2) is 8.67. The maximum Gasteiger partial charge on any atom is 0.219 e. The Labute approximate surface area is 184 Å². The monoisotopic (exact) mass is 437 g/mol. The molecule has 0 aliphatic heterocycles. The van der Waals surface area contributed by atoms with Crippen molar-refractivity contribution in [1.29, 1.82) is 0 Å². The van der Waals surface area contributed by atoms with Crippen LogP contribution in [-0.2, 0) is 0 Å². The van der Waals surface area contributed by atoms with E-state index >= 15 is 0 Å². The molecule has 0 unspecified atom stereocenters. The summed E-state index contributed by atoms with van der Waals surface area (Å²) >= 11 is 1.31. The van der Waals surface area contributed by atoms with Gasteiger partial charge in [0.15, 0.2) is 11.6 Å². The number of fused-ring (bicyclic) bond motifs is 2. The maximum atomic E-state index is 13.6. The van der Waals surface area contributed by atoms with E-state index in [4.69, 9.17) is 14.4 Å². The lowest BCUT2D eigenvalue weighted by Crippen LogP contribution is -2.27. The van der Waals surface area contributed by atoms with E-state index in [-0.39, 0.29) is 17.0 Å². The van der Waals surface area contributed by atoms with Crippen molar-refractivity contribution < 1.29 is 13.6 Å². The van der Waals surface area contributed by atoms with Crippen LogP contribution in [0.1, 0.15) is 37.6 Å². The minimum absolute atomic E-state index is 0.0349. The smallest absolute Gasteiger partial charge is 0.219 e. The molecule has 0 saturated heterocycles. The average molecular weight is 438 g/mol. The van der Waals surface area contributed by atoms with Crippen molar-refractivity contribution in [2.75, 3.05) is 17.7 Å². The van der Waals surface area contributed by atoms with Crippen LogP contribution in [0.2, 0.25) is 0 Å². The summed E-state index contributed by atoms with van der Waals surface area (Å²) in [7, 11) is 1.94. The summed E-state index contributed by atoms with van der Waals surface area (Å²) in [6.45, 7) is 6.17. The van der Waals surface area contributed by atoms with Crippen LogP contribution in [0, 0.1) is 5.82 Å². The summed E-state index contributed by atoms with van der Waals surface area (Å²) in [5.41, 5.74) is 3.10. The number of hydrogen-bond donors (Lipinski definition) is 0. The summed E-state index contributed by atoms with van der Waals surface area (Å²) in [6, 6.07) is 11.8. The number of carbonyl (C=O) groups is 1. The molecule has 2 heterocycles. The van der Waals surface area contributed by atoms with E-state index in [1.807, 2.05) is 24.9 Å². The molecule has 0 aliphatic carbocycles. The van der Waals surface area contributed by atoms with Crippen molar-refractivity contribution in [3.63, 3.8) is 0 Å². The number of benzene rings is 2. The Balaban J connectivity index is 1.86. The lowest BCUT2D eigenvalue weighted by atomic mass is 10.1. The summed E-state index contributed by atoms with van der Waals surface area (Å²) in [6.07, 6.45) is 0.942. The lowest BCUT2D eigenvalue weighted by Gasteiger charge is -2.24. The number of carbonyl (C=O) groups excluding carboxylic acids is 1. The molecule has 0 amide bonds. The van der Waals surface area contributed by atoms with Gasteiger partial charge in [0, 0.05) is 29.8 Å². The Morgan fingerprint density at radius 1 is 1.13 bits per heavy atom. The molecule has 2 aromatic carbocycles. The fraction of sp³-hybridized carbons (Fsp3) is 0.292. The fourth-order valence-electron chi connectivity index (χ4n) is 3.24. The number of anilines is 1. The number of nitrogens with zero attached hydrogens (tertiary/aromatic N) is 3. The summed E-state index contributed by atoms with van der Waals surface area (Å²) < 4.78 is 19.6. The van der Waals surface area contributed by atoms with Gasteiger partial charge in [0.05, 0.1) is 11.0 Å². The quantitative estimate of drug-likeness (QED) is 0.352. The molecule has 7 heteroatoms. The third-order valence-corrected chi connectivity index (χ3v) is 6.25. The first kappa shape index (κ1) is 21.3. The Morgan fingerprint density at radius 3 is 2.68 bits per heavy atom. The van der Waals surface area contributed by atoms with Crippen molar-refractivity contribution in [1.82, 2.24) is 9.97 Å².